The molecule has 1 rings (SSSR count). The van der Waals surface area contributed by atoms with Crippen LogP contribution in [-0.4, -0.2) is 36.5 Å². The third-order valence-electron chi connectivity index (χ3n) is 1.43. The number of ether oxygens (including phenoxy) is 1. The van der Waals surface area contributed by atoms with Crippen LogP contribution in [0.1, 0.15) is 0 Å². The van der Waals surface area contributed by atoms with E-state index in [-0.39, 0.29) is 12.1 Å². The molecule has 0 saturated carbocycles. The molecule has 1 amide bonds. The second kappa shape index (κ2) is 2.85. The second-order valence-electron chi connectivity index (χ2n) is 2.26. The highest BCUT2D eigenvalue weighted by molar-refractivity contribution is 5.65. The first kappa shape index (κ1) is 7.30. The van der Waals surface area contributed by atoms with Crippen LogP contribution < -0.4 is 11.1 Å². The molecule has 10 heavy (non-hydrogen) atoms. The van der Waals surface area contributed by atoms with Gasteiger partial charge in [-0.1, -0.05) is 0 Å². The summed E-state index contributed by atoms with van der Waals surface area (Å²) in [6.45, 7) is 0.818. The van der Waals surface area contributed by atoms with Crippen molar-refractivity contribution in [2.24, 2.45) is 5.73 Å². The fraction of sp³-hybridized carbons (Fsp3) is 0.800. The zero-order valence-corrected chi connectivity index (χ0v) is 5.41. The van der Waals surface area contributed by atoms with Crippen LogP contribution in [0.4, 0.5) is 4.79 Å². The van der Waals surface area contributed by atoms with Crippen molar-refractivity contribution in [3.05, 3.63) is 0 Å². The van der Waals surface area contributed by atoms with Crippen LogP contribution in [0.25, 0.3) is 0 Å². The van der Waals surface area contributed by atoms with E-state index in [1.165, 1.54) is 0 Å². The normalized spacial score (nSPS) is 32.1. The lowest BCUT2D eigenvalue weighted by molar-refractivity contribution is 0.175. The van der Waals surface area contributed by atoms with Crippen LogP contribution in [0, 0.1) is 0 Å². The second-order valence-corrected chi connectivity index (χ2v) is 2.26. The zero-order chi connectivity index (χ0) is 7.56. The van der Waals surface area contributed by atoms with Crippen molar-refractivity contribution in [2.45, 2.75) is 12.1 Å². The van der Waals surface area contributed by atoms with Gasteiger partial charge in [-0.25, -0.2) is 4.79 Å². The number of carboxylic acid groups (broad SMARTS) is 1. The molecule has 5 heteroatoms. The Hall–Kier alpha value is -0.810. The minimum Gasteiger partial charge on any atom is -0.465 e. The average molecular weight is 146 g/mol. The number of carbonyl (C=O) groups is 1. The molecule has 5 nitrogen and oxygen atoms in total. The van der Waals surface area contributed by atoms with E-state index in [4.69, 9.17) is 15.6 Å². The third kappa shape index (κ3) is 1.58. The van der Waals surface area contributed by atoms with E-state index in [1.54, 1.807) is 0 Å². The number of nitrogens with two attached hydrogens (primary N) is 1. The van der Waals surface area contributed by atoms with Crippen LogP contribution in [0.15, 0.2) is 0 Å². The number of rotatable bonds is 1. The van der Waals surface area contributed by atoms with Crippen molar-refractivity contribution < 1.29 is 14.6 Å². The summed E-state index contributed by atoms with van der Waals surface area (Å²) in [7, 11) is 0. The lowest BCUT2D eigenvalue weighted by Crippen LogP contribution is -2.46. The van der Waals surface area contributed by atoms with E-state index in [1.807, 2.05) is 0 Å². The maximum atomic E-state index is 10.1. The molecule has 0 aliphatic carbocycles. The molecule has 1 aliphatic heterocycles. The van der Waals surface area contributed by atoms with Gasteiger partial charge in [-0.3, -0.25) is 0 Å². The van der Waals surface area contributed by atoms with E-state index in [9.17, 15) is 4.79 Å². The molecule has 58 valence electrons. The summed E-state index contributed by atoms with van der Waals surface area (Å²) in [5, 5.41) is 10.5. The smallest absolute Gasteiger partial charge is 0.405 e. The van der Waals surface area contributed by atoms with Crippen molar-refractivity contribution in [1.29, 1.82) is 0 Å². The monoisotopic (exact) mass is 146 g/mol. The molecule has 0 spiro atoms. The van der Waals surface area contributed by atoms with Crippen LogP contribution in [0.5, 0.6) is 0 Å². The van der Waals surface area contributed by atoms with Crippen molar-refractivity contribution in [2.75, 3.05) is 13.2 Å². The minimum atomic E-state index is -1.05. The Labute approximate surface area is 58.2 Å². The van der Waals surface area contributed by atoms with Crippen molar-refractivity contribution in [1.82, 2.24) is 5.32 Å². The fourth-order valence-corrected chi connectivity index (χ4v) is 0.878. The highest BCUT2D eigenvalue weighted by Gasteiger charge is 2.25. The van der Waals surface area contributed by atoms with Crippen molar-refractivity contribution in [3.63, 3.8) is 0 Å². The van der Waals surface area contributed by atoms with Gasteiger partial charge in [-0.05, 0) is 0 Å². The van der Waals surface area contributed by atoms with Crippen LogP contribution in [0.3, 0.4) is 0 Å². The van der Waals surface area contributed by atoms with Gasteiger partial charge >= 0.3 is 6.09 Å². The third-order valence-corrected chi connectivity index (χ3v) is 1.43. The van der Waals surface area contributed by atoms with Gasteiger partial charge in [0.1, 0.15) is 0 Å². The molecule has 4 N–H and O–H groups in total. The summed E-state index contributed by atoms with van der Waals surface area (Å²) in [5.74, 6) is 0. The Bertz CT molecular complexity index is 139. The Kier molecular flexibility index (Phi) is 2.08. The highest BCUT2D eigenvalue weighted by Crippen LogP contribution is 2.01. The van der Waals surface area contributed by atoms with Gasteiger partial charge in [0.2, 0.25) is 0 Å². The van der Waals surface area contributed by atoms with E-state index < -0.39 is 6.09 Å². The molecule has 1 fully saturated rings. The maximum Gasteiger partial charge on any atom is 0.405 e. The number of hydrogen-bond donors (Lipinski definition) is 3. The van der Waals surface area contributed by atoms with Crippen LogP contribution >= 0.6 is 0 Å². The SMILES string of the molecule is N[C@@H]1COC[C@@H]1NC(=O)O. The molecule has 2 atom stereocenters. The van der Waals surface area contributed by atoms with Gasteiger partial charge in [-0.2, -0.15) is 0 Å². The topological polar surface area (TPSA) is 84.6 Å². The summed E-state index contributed by atoms with van der Waals surface area (Å²) in [5.41, 5.74) is 5.48. The summed E-state index contributed by atoms with van der Waals surface area (Å²) >= 11 is 0. The summed E-state index contributed by atoms with van der Waals surface area (Å²) in [4.78, 5) is 10.1. The van der Waals surface area contributed by atoms with Gasteiger partial charge in [0.05, 0.1) is 25.3 Å². The molecule has 0 unspecified atom stereocenters. The van der Waals surface area contributed by atoms with Gasteiger partial charge in [0.15, 0.2) is 0 Å². The molecular weight excluding hydrogens is 136 g/mol. The zero-order valence-electron chi connectivity index (χ0n) is 5.41. The molecule has 0 radical (unpaired) electrons. The number of nitrogens with one attached hydrogen (secondary N) is 1. The van der Waals surface area contributed by atoms with Crippen LogP contribution in [-0.2, 0) is 4.74 Å². The Morgan fingerprint density at radius 1 is 1.70 bits per heavy atom. The largest absolute Gasteiger partial charge is 0.465 e. The van der Waals surface area contributed by atoms with E-state index >= 15 is 0 Å². The Morgan fingerprint density at radius 3 is 2.80 bits per heavy atom. The number of amides is 1. The molecule has 1 aliphatic rings. The fourth-order valence-electron chi connectivity index (χ4n) is 0.878. The van der Waals surface area contributed by atoms with Gasteiger partial charge < -0.3 is 20.9 Å². The van der Waals surface area contributed by atoms with Gasteiger partial charge in [0, 0.05) is 0 Å². The van der Waals surface area contributed by atoms with Crippen LogP contribution in [0.2, 0.25) is 0 Å². The molecule has 0 aromatic carbocycles. The van der Waals surface area contributed by atoms with E-state index in [0.717, 1.165) is 0 Å². The maximum absolute atomic E-state index is 10.1. The molecule has 1 heterocycles. The predicted octanol–water partition coefficient (Wildman–Crippen LogP) is -1.02. The summed E-state index contributed by atoms with van der Waals surface area (Å²) in [6, 6.07) is -0.436. The summed E-state index contributed by atoms with van der Waals surface area (Å²) < 4.78 is 4.92. The number of hydrogen-bond acceptors (Lipinski definition) is 3. The standard InChI is InChI=1S/C5H10N2O3/c6-3-1-10-2-4(3)7-5(8)9/h3-4,7H,1-2,6H2,(H,8,9)/t3-,4+/m1/s1. The molecular formula is C5H10N2O3. The van der Waals surface area contributed by atoms with E-state index in [0.29, 0.717) is 13.2 Å². The molecule has 1 saturated heterocycles. The van der Waals surface area contributed by atoms with E-state index in [2.05, 4.69) is 5.32 Å². The first-order valence-corrected chi connectivity index (χ1v) is 3.03. The Balaban J connectivity index is 2.33. The average Bonchev–Trinajstić information content (AvgIpc) is 2.15. The van der Waals surface area contributed by atoms with Crippen molar-refractivity contribution in [3.8, 4) is 0 Å². The van der Waals surface area contributed by atoms with Crippen molar-refractivity contribution >= 4 is 6.09 Å². The lowest BCUT2D eigenvalue weighted by Gasteiger charge is -2.11. The lowest BCUT2D eigenvalue weighted by atomic mass is 10.2. The summed E-state index contributed by atoms with van der Waals surface area (Å²) in [6.07, 6.45) is -1.05. The molecule has 0 aromatic heterocycles. The first-order valence-electron chi connectivity index (χ1n) is 3.03. The minimum absolute atomic E-state index is 0.198. The van der Waals surface area contributed by atoms with Gasteiger partial charge in [0.25, 0.3) is 0 Å². The van der Waals surface area contributed by atoms with Gasteiger partial charge in [-0.15, -0.1) is 0 Å². The predicted molar refractivity (Wildman–Crippen MR) is 33.7 cm³/mol. The molecule has 0 bridgehead atoms. The Morgan fingerprint density at radius 2 is 2.40 bits per heavy atom. The molecule has 0 aromatic rings. The quantitative estimate of drug-likeness (QED) is 0.442. The first-order chi connectivity index (χ1) is 4.70. The highest BCUT2D eigenvalue weighted by atomic mass is 16.5.